The Hall–Kier alpha value is -1.89. The van der Waals surface area contributed by atoms with Crippen molar-refractivity contribution in [2.24, 2.45) is 0 Å². The number of unbranched alkanes of at least 4 members (excludes halogenated alkanes) is 6. The first-order chi connectivity index (χ1) is 15.4. The Morgan fingerprint density at radius 1 is 0.625 bits per heavy atom. The third kappa shape index (κ3) is 7.91. The molecule has 182 valence electrons. The van der Waals surface area contributed by atoms with Crippen molar-refractivity contribution in [2.45, 2.75) is 116 Å². The zero-order chi connectivity index (χ0) is 24.0. The average Bonchev–Trinajstić information content (AvgIpc) is 2.78. The van der Waals surface area contributed by atoms with Gasteiger partial charge in [0.2, 0.25) is 0 Å². The standard InChI is InChI=1S/C25H45N3O3Si/c1-6-11-14-19-32(20-15-12-7-2,21-16-13-8-3)22-28-24(30)26(17-9-4)23(29)27(18-10-5)25(28)31/h9-10H,4-8,11-22H2,1-3H3. The van der Waals surface area contributed by atoms with Gasteiger partial charge in [0.05, 0.1) is 21.2 Å². The molecule has 0 saturated heterocycles. The molecule has 0 atom stereocenters. The molecule has 1 heterocycles. The lowest BCUT2D eigenvalue weighted by Crippen LogP contribution is -2.57. The lowest BCUT2D eigenvalue weighted by molar-refractivity contribution is 0.503. The van der Waals surface area contributed by atoms with E-state index in [-0.39, 0.29) is 13.1 Å². The van der Waals surface area contributed by atoms with Crippen molar-refractivity contribution in [1.29, 1.82) is 0 Å². The summed E-state index contributed by atoms with van der Waals surface area (Å²) in [5, 5.41) is 0. The number of rotatable bonds is 18. The topological polar surface area (TPSA) is 66.0 Å². The molecule has 0 bridgehead atoms. The molecular weight excluding hydrogens is 418 g/mol. The molecule has 0 aliphatic carbocycles. The van der Waals surface area contributed by atoms with Crippen LogP contribution in [0.25, 0.3) is 0 Å². The van der Waals surface area contributed by atoms with Crippen LogP contribution in [-0.2, 0) is 19.3 Å². The van der Waals surface area contributed by atoms with Gasteiger partial charge >= 0.3 is 17.1 Å². The van der Waals surface area contributed by atoms with Gasteiger partial charge in [0.25, 0.3) is 0 Å². The second-order valence-corrected chi connectivity index (χ2v) is 13.9. The van der Waals surface area contributed by atoms with Crippen LogP contribution in [0.15, 0.2) is 39.7 Å². The van der Waals surface area contributed by atoms with Crippen LogP contribution in [0.3, 0.4) is 0 Å². The van der Waals surface area contributed by atoms with Crippen molar-refractivity contribution in [3.63, 3.8) is 0 Å². The highest BCUT2D eigenvalue weighted by Gasteiger charge is 2.33. The van der Waals surface area contributed by atoms with Gasteiger partial charge in [-0.25, -0.2) is 28.1 Å². The highest BCUT2D eigenvalue weighted by atomic mass is 28.3. The van der Waals surface area contributed by atoms with Gasteiger partial charge in [0.15, 0.2) is 0 Å². The second kappa shape index (κ2) is 15.0. The third-order valence-corrected chi connectivity index (χ3v) is 11.7. The van der Waals surface area contributed by atoms with Crippen LogP contribution < -0.4 is 17.1 Å². The quantitative estimate of drug-likeness (QED) is 0.173. The molecule has 7 heteroatoms. The zero-order valence-electron chi connectivity index (χ0n) is 20.7. The first-order valence-electron chi connectivity index (χ1n) is 12.6. The molecule has 0 spiro atoms. The van der Waals surface area contributed by atoms with Crippen molar-refractivity contribution in [3.05, 3.63) is 56.8 Å². The fourth-order valence-electron chi connectivity index (χ4n) is 4.59. The maximum atomic E-state index is 13.3. The van der Waals surface area contributed by atoms with E-state index in [4.69, 9.17) is 0 Å². The van der Waals surface area contributed by atoms with Gasteiger partial charge < -0.3 is 0 Å². The van der Waals surface area contributed by atoms with E-state index < -0.39 is 25.1 Å². The fourth-order valence-corrected chi connectivity index (χ4v) is 9.75. The largest absolute Gasteiger partial charge is 0.336 e. The van der Waals surface area contributed by atoms with Gasteiger partial charge in [0, 0.05) is 6.17 Å². The minimum Gasteiger partial charge on any atom is -0.248 e. The number of allylic oxidation sites excluding steroid dienone is 2. The molecular formula is C25H45N3O3Si. The Balaban J connectivity index is 3.57. The summed E-state index contributed by atoms with van der Waals surface area (Å²) in [5.41, 5.74) is -1.55. The molecule has 0 aliphatic heterocycles. The van der Waals surface area contributed by atoms with Gasteiger partial charge in [-0.05, 0) is 0 Å². The summed E-state index contributed by atoms with van der Waals surface area (Å²) in [6, 6.07) is 3.42. The lowest BCUT2D eigenvalue weighted by atomic mass is 10.3. The SMILES string of the molecule is C=CCn1c(=O)n(CC=C)c(=O)n(C[Si](CCCCC)(CCCCC)CCCCC)c1=O. The van der Waals surface area contributed by atoms with E-state index in [1.807, 2.05) is 0 Å². The van der Waals surface area contributed by atoms with Crippen LogP contribution >= 0.6 is 0 Å². The molecule has 0 aromatic carbocycles. The molecule has 0 unspecified atom stereocenters. The number of hydrogen-bond acceptors (Lipinski definition) is 3. The predicted octanol–water partition coefficient (Wildman–Crippen LogP) is 5.10. The van der Waals surface area contributed by atoms with E-state index in [1.54, 1.807) is 0 Å². The molecule has 0 saturated carbocycles. The van der Waals surface area contributed by atoms with Crippen molar-refractivity contribution in [1.82, 2.24) is 13.7 Å². The monoisotopic (exact) mass is 463 g/mol. The molecule has 0 amide bonds. The smallest absolute Gasteiger partial charge is 0.248 e. The minimum atomic E-state index is -1.94. The van der Waals surface area contributed by atoms with Crippen molar-refractivity contribution < 1.29 is 0 Å². The Labute approximate surface area is 194 Å². The van der Waals surface area contributed by atoms with Crippen LogP contribution in [0.5, 0.6) is 0 Å². The first-order valence-corrected chi connectivity index (χ1v) is 15.4. The summed E-state index contributed by atoms with van der Waals surface area (Å²) in [7, 11) is -1.94. The maximum absolute atomic E-state index is 13.3. The molecule has 0 aliphatic rings. The molecule has 0 fully saturated rings. The van der Waals surface area contributed by atoms with Crippen LogP contribution in [0, 0.1) is 0 Å². The van der Waals surface area contributed by atoms with Crippen molar-refractivity contribution >= 4 is 8.07 Å². The fraction of sp³-hybridized carbons (Fsp3) is 0.720. The molecule has 32 heavy (non-hydrogen) atoms. The number of nitrogens with zero attached hydrogens (tertiary/aromatic N) is 3. The van der Waals surface area contributed by atoms with E-state index >= 15 is 0 Å². The Morgan fingerprint density at radius 3 is 1.28 bits per heavy atom. The number of aromatic nitrogens is 3. The molecule has 1 rings (SSSR count). The summed E-state index contributed by atoms with van der Waals surface area (Å²) in [6.07, 6.45) is 14.1. The normalized spacial score (nSPS) is 11.6. The van der Waals surface area contributed by atoms with Gasteiger partial charge in [-0.1, -0.05) is 109 Å². The van der Waals surface area contributed by atoms with Gasteiger partial charge in [-0.3, -0.25) is 0 Å². The van der Waals surface area contributed by atoms with Gasteiger partial charge in [-0.15, -0.1) is 13.2 Å². The van der Waals surface area contributed by atoms with E-state index in [0.29, 0.717) is 6.17 Å². The maximum Gasteiger partial charge on any atom is 0.336 e. The minimum absolute atomic E-state index is 0.102. The summed E-state index contributed by atoms with van der Waals surface area (Å²) in [4.78, 5) is 39.3. The van der Waals surface area contributed by atoms with E-state index in [0.717, 1.165) is 65.8 Å². The van der Waals surface area contributed by atoms with E-state index in [9.17, 15) is 14.4 Å². The molecule has 0 N–H and O–H groups in total. The van der Waals surface area contributed by atoms with Crippen molar-refractivity contribution in [2.75, 3.05) is 0 Å². The lowest BCUT2D eigenvalue weighted by Gasteiger charge is -2.33. The average molecular weight is 464 g/mol. The van der Waals surface area contributed by atoms with Crippen LogP contribution in [-0.4, -0.2) is 21.8 Å². The van der Waals surface area contributed by atoms with Crippen LogP contribution in [0.4, 0.5) is 0 Å². The Bertz CT molecular complexity index is 807. The molecule has 1 aromatic heterocycles. The van der Waals surface area contributed by atoms with Gasteiger partial charge in [0.1, 0.15) is 0 Å². The zero-order valence-corrected chi connectivity index (χ0v) is 21.7. The highest BCUT2D eigenvalue weighted by Crippen LogP contribution is 2.30. The van der Waals surface area contributed by atoms with E-state index in [1.165, 1.54) is 36.0 Å². The first kappa shape index (κ1) is 28.1. The third-order valence-electron chi connectivity index (χ3n) is 6.43. The number of hydrogen-bond donors (Lipinski definition) is 0. The predicted molar refractivity (Wildman–Crippen MR) is 138 cm³/mol. The second-order valence-electron chi connectivity index (χ2n) is 9.10. The molecule has 6 nitrogen and oxygen atoms in total. The van der Waals surface area contributed by atoms with E-state index in [2.05, 4.69) is 33.9 Å². The molecule has 0 radical (unpaired) electrons. The van der Waals surface area contributed by atoms with Crippen LogP contribution in [0.2, 0.25) is 18.1 Å². The summed E-state index contributed by atoms with van der Waals surface area (Å²) in [5.74, 6) is 0. The Morgan fingerprint density at radius 2 is 0.969 bits per heavy atom. The highest BCUT2D eigenvalue weighted by molar-refractivity contribution is 6.78. The van der Waals surface area contributed by atoms with Gasteiger partial charge in [-0.2, -0.15) is 0 Å². The summed E-state index contributed by atoms with van der Waals surface area (Å²) >= 11 is 0. The Kier molecular flexibility index (Phi) is 13.2. The molecule has 1 aromatic rings. The van der Waals surface area contributed by atoms with Crippen molar-refractivity contribution in [3.8, 4) is 0 Å². The van der Waals surface area contributed by atoms with Crippen LogP contribution in [0.1, 0.15) is 78.6 Å². The summed E-state index contributed by atoms with van der Waals surface area (Å²) < 4.78 is 3.66. The summed E-state index contributed by atoms with van der Waals surface area (Å²) in [6.45, 7) is 14.2.